The summed E-state index contributed by atoms with van der Waals surface area (Å²) in [5.74, 6) is 0.141. The van der Waals surface area contributed by atoms with Gasteiger partial charge in [-0.3, -0.25) is 9.69 Å². The van der Waals surface area contributed by atoms with Crippen LogP contribution in [0.5, 0.6) is 0 Å². The van der Waals surface area contributed by atoms with E-state index in [0.717, 1.165) is 39.1 Å². The molecule has 1 amide bonds. The van der Waals surface area contributed by atoms with E-state index < -0.39 is 0 Å². The van der Waals surface area contributed by atoms with Crippen molar-refractivity contribution >= 4 is 5.91 Å². The van der Waals surface area contributed by atoms with E-state index in [1.54, 1.807) is 0 Å². The first-order valence-electron chi connectivity index (χ1n) is 7.91. The largest absolute Gasteiger partial charge is 0.353 e. The molecule has 1 aromatic rings. The van der Waals surface area contributed by atoms with Crippen molar-refractivity contribution in [2.75, 3.05) is 39.3 Å². The predicted octanol–water partition coefficient (Wildman–Crippen LogP) is 1.37. The molecule has 0 bridgehead atoms. The van der Waals surface area contributed by atoms with Crippen molar-refractivity contribution < 1.29 is 4.79 Å². The Bertz CT molecular complexity index is 425. The number of hydrogen-bond acceptors (Lipinski definition) is 3. The van der Waals surface area contributed by atoms with Crippen molar-refractivity contribution in [3.05, 3.63) is 35.9 Å². The standard InChI is InChI=1S/C17H27N3O/c1-15(2)18-17(21)14-20-12-10-19(11-13-20)9-8-16-6-4-3-5-7-16/h3-7,15H,8-14H2,1-2H3,(H,18,21). The molecular weight excluding hydrogens is 262 g/mol. The minimum absolute atomic E-state index is 0.141. The zero-order valence-corrected chi connectivity index (χ0v) is 13.2. The number of amides is 1. The van der Waals surface area contributed by atoms with Crippen molar-refractivity contribution in [2.24, 2.45) is 0 Å². The fourth-order valence-corrected chi connectivity index (χ4v) is 2.67. The number of rotatable bonds is 6. The van der Waals surface area contributed by atoms with Crippen LogP contribution in [0.15, 0.2) is 30.3 Å². The lowest BCUT2D eigenvalue weighted by atomic mass is 10.1. The predicted molar refractivity (Wildman–Crippen MR) is 86.3 cm³/mol. The van der Waals surface area contributed by atoms with Gasteiger partial charge in [0.2, 0.25) is 5.91 Å². The maximum Gasteiger partial charge on any atom is 0.234 e. The van der Waals surface area contributed by atoms with Crippen molar-refractivity contribution in [1.29, 1.82) is 0 Å². The number of nitrogens with one attached hydrogen (secondary N) is 1. The molecule has 0 saturated carbocycles. The third-order valence-electron chi connectivity index (χ3n) is 3.84. The molecule has 1 heterocycles. The summed E-state index contributed by atoms with van der Waals surface area (Å²) in [6.45, 7) is 9.73. The first-order chi connectivity index (χ1) is 10.1. The van der Waals surface area contributed by atoms with Gasteiger partial charge in [0.1, 0.15) is 0 Å². The quantitative estimate of drug-likeness (QED) is 0.859. The molecule has 4 heteroatoms. The number of piperazine rings is 1. The normalized spacial score (nSPS) is 17.1. The Morgan fingerprint density at radius 2 is 1.71 bits per heavy atom. The monoisotopic (exact) mass is 289 g/mol. The molecule has 0 unspecified atom stereocenters. The summed E-state index contributed by atoms with van der Waals surface area (Å²) in [7, 11) is 0. The smallest absolute Gasteiger partial charge is 0.234 e. The Kier molecular flexibility index (Phi) is 6.21. The minimum atomic E-state index is 0.141. The average Bonchev–Trinajstić information content (AvgIpc) is 2.47. The number of hydrogen-bond donors (Lipinski definition) is 1. The molecule has 0 radical (unpaired) electrons. The van der Waals surface area contributed by atoms with Crippen LogP contribution >= 0.6 is 0 Å². The van der Waals surface area contributed by atoms with Crippen LogP contribution < -0.4 is 5.32 Å². The fraction of sp³-hybridized carbons (Fsp3) is 0.588. The van der Waals surface area contributed by atoms with E-state index in [9.17, 15) is 4.79 Å². The number of carbonyl (C=O) groups is 1. The molecule has 2 rings (SSSR count). The van der Waals surface area contributed by atoms with E-state index in [4.69, 9.17) is 0 Å². The molecule has 1 aromatic carbocycles. The van der Waals surface area contributed by atoms with Gasteiger partial charge >= 0.3 is 0 Å². The number of nitrogens with zero attached hydrogens (tertiary/aromatic N) is 2. The fourth-order valence-electron chi connectivity index (χ4n) is 2.67. The third kappa shape index (κ3) is 5.86. The Labute approximate surface area is 128 Å². The second kappa shape index (κ2) is 8.15. The Morgan fingerprint density at radius 1 is 1.10 bits per heavy atom. The first-order valence-corrected chi connectivity index (χ1v) is 7.91. The molecule has 0 atom stereocenters. The van der Waals surface area contributed by atoms with Gasteiger partial charge in [-0.15, -0.1) is 0 Å². The summed E-state index contributed by atoms with van der Waals surface area (Å²) in [6.07, 6.45) is 1.11. The van der Waals surface area contributed by atoms with Crippen molar-refractivity contribution in [3.63, 3.8) is 0 Å². The highest BCUT2D eigenvalue weighted by molar-refractivity contribution is 5.78. The summed E-state index contributed by atoms with van der Waals surface area (Å²) < 4.78 is 0. The van der Waals surface area contributed by atoms with E-state index in [2.05, 4.69) is 45.4 Å². The number of carbonyl (C=O) groups excluding carboxylic acids is 1. The zero-order chi connectivity index (χ0) is 15.1. The van der Waals surface area contributed by atoms with E-state index in [1.807, 2.05) is 13.8 Å². The molecule has 1 aliphatic rings. The Hall–Kier alpha value is -1.39. The molecule has 1 saturated heterocycles. The lowest BCUT2D eigenvalue weighted by Gasteiger charge is -2.34. The maximum atomic E-state index is 11.7. The number of benzene rings is 1. The SMILES string of the molecule is CC(C)NC(=O)CN1CCN(CCc2ccccc2)CC1. The summed E-state index contributed by atoms with van der Waals surface area (Å²) >= 11 is 0. The van der Waals surface area contributed by atoms with Crippen LogP contribution in [0, 0.1) is 0 Å². The van der Waals surface area contributed by atoms with Crippen LogP contribution in [0.1, 0.15) is 19.4 Å². The molecule has 1 fully saturated rings. The highest BCUT2D eigenvalue weighted by atomic mass is 16.2. The second-order valence-corrected chi connectivity index (χ2v) is 6.08. The van der Waals surface area contributed by atoms with Gasteiger partial charge in [0.25, 0.3) is 0 Å². The van der Waals surface area contributed by atoms with Crippen LogP contribution in [0.3, 0.4) is 0 Å². The maximum absolute atomic E-state index is 11.7. The van der Waals surface area contributed by atoms with Crippen LogP contribution in [-0.2, 0) is 11.2 Å². The molecule has 1 N–H and O–H groups in total. The molecule has 0 spiro atoms. The van der Waals surface area contributed by atoms with E-state index in [1.165, 1.54) is 5.56 Å². The highest BCUT2D eigenvalue weighted by Gasteiger charge is 2.18. The summed E-state index contributed by atoms with van der Waals surface area (Å²) in [4.78, 5) is 16.5. The molecule has 0 aromatic heterocycles. The minimum Gasteiger partial charge on any atom is -0.353 e. The first kappa shape index (κ1) is 16.0. The molecule has 0 aliphatic carbocycles. The topological polar surface area (TPSA) is 35.6 Å². The lowest BCUT2D eigenvalue weighted by molar-refractivity contribution is -0.123. The molecule has 4 nitrogen and oxygen atoms in total. The zero-order valence-electron chi connectivity index (χ0n) is 13.2. The second-order valence-electron chi connectivity index (χ2n) is 6.08. The van der Waals surface area contributed by atoms with Gasteiger partial charge in [0.05, 0.1) is 6.54 Å². The van der Waals surface area contributed by atoms with E-state index >= 15 is 0 Å². The van der Waals surface area contributed by atoms with Crippen LogP contribution in [-0.4, -0.2) is 61.0 Å². The van der Waals surface area contributed by atoms with Gasteiger partial charge in [0.15, 0.2) is 0 Å². The lowest BCUT2D eigenvalue weighted by Crippen LogP contribution is -2.50. The molecular formula is C17H27N3O. The van der Waals surface area contributed by atoms with Gasteiger partial charge in [-0.1, -0.05) is 30.3 Å². The van der Waals surface area contributed by atoms with Crippen molar-refractivity contribution in [3.8, 4) is 0 Å². The molecule has 1 aliphatic heterocycles. The summed E-state index contributed by atoms with van der Waals surface area (Å²) in [5, 5.41) is 2.95. The Morgan fingerprint density at radius 3 is 2.33 bits per heavy atom. The van der Waals surface area contributed by atoms with Crippen molar-refractivity contribution in [2.45, 2.75) is 26.3 Å². The van der Waals surface area contributed by atoms with Gasteiger partial charge in [-0.25, -0.2) is 0 Å². The van der Waals surface area contributed by atoms with Gasteiger partial charge in [0, 0.05) is 38.8 Å². The highest BCUT2D eigenvalue weighted by Crippen LogP contribution is 2.05. The molecule has 116 valence electrons. The Balaban J connectivity index is 1.65. The van der Waals surface area contributed by atoms with Crippen LogP contribution in [0.2, 0.25) is 0 Å². The van der Waals surface area contributed by atoms with Crippen LogP contribution in [0.4, 0.5) is 0 Å². The van der Waals surface area contributed by atoms with Crippen molar-refractivity contribution in [1.82, 2.24) is 15.1 Å². The van der Waals surface area contributed by atoms with E-state index in [0.29, 0.717) is 6.54 Å². The summed E-state index contributed by atoms with van der Waals surface area (Å²) in [6, 6.07) is 10.9. The van der Waals surface area contributed by atoms with Gasteiger partial charge in [-0.2, -0.15) is 0 Å². The summed E-state index contributed by atoms with van der Waals surface area (Å²) in [5.41, 5.74) is 1.40. The third-order valence-corrected chi connectivity index (χ3v) is 3.84. The van der Waals surface area contributed by atoms with Crippen LogP contribution in [0.25, 0.3) is 0 Å². The van der Waals surface area contributed by atoms with Gasteiger partial charge < -0.3 is 10.2 Å². The van der Waals surface area contributed by atoms with E-state index in [-0.39, 0.29) is 11.9 Å². The average molecular weight is 289 g/mol. The van der Waals surface area contributed by atoms with Gasteiger partial charge in [-0.05, 0) is 25.8 Å². The molecule has 21 heavy (non-hydrogen) atoms.